The molecule has 0 aromatic heterocycles. The second-order valence-electron chi connectivity index (χ2n) is 2.43. The van der Waals surface area contributed by atoms with E-state index in [1.165, 1.54) is 0 Å². The standard InChI is InChI=1S/C5H10BF3O3S/c1-3-6(4-2)12-13(10,11)5(7,8)9/h3-4H2,1-2H3. The normalized spacial score (nSPS) is 13.0. The first-order valence-electron chi connectivity index (χ1n) is 3.74. The molecule has 13 heavy (non-hydrogen) atoms. The monoisotopic (exact) mass is 218 g/mol. The molecular formula is C5H10BF3O3S. The van der Waals surface area contributed by atoms with Crippen LogP contribution in [0.4, 0.5) is 13.2 Å². The van der Waals surface area contributed by atoms with E-state index >= 15 is 0 Å². The van der Waals surface area contributed by atoms with E-state index < -0.39 is 22.5 Å². The summed E-state index contributed by atoms with van der Waals surface area (Å²) in [6.45, 7) is 2.21. The molecule has 0 heterocycles. The van der Waals surface area contributed by atoms with Crippen molar-refractivity contribution < 1.29 is 25.7 Å². The molecule has 0 spiro atoms. The Hall–Kier alpha value is -0.235. The van der Waals surface area contributed by atoms with Gasteiger partial charge in [0.15, 0.2) is 0 Å². The lowest BCUT2D eigenvalue weighted by molar-refractivity contribution is -0.0501. The molecule has 0 aliphatic heterocycles. The van der Waals surface area contributed by atoms with Gasteiger partial charge in [0.25, 0.3) is 0 Å². The van der Waals surface area contributed by atoms with Crippen molar-refractivity contribution in [3.63, 3.8) is 0 Å². The van der Waals surface area contributed by atoms with Crippen LogP contribution in [0.5, 0.6) is 0 Å². The van der Waals surface area contributed by atoms with Crippen LogP contribution in [0.2, 0.25) is 12.6 Å². The molecule has 8 heteroatoms. The molecule has 0 saturated heterocycles. The van der Waals surface area contributed by atoms with Gasteiger partial charge in [0.2, 0.25) is 0 Å². The van der Waals surface area contributed by atoms with Crippen LogP contribution in [0.25, 0.3) is 0 Å². The van der Waals surface area contributed by atoms with E-state index in [2.05, 4.69) is 4.10 Å². The topological polar surface area (TPSA) is 43.4 Å². The van der Waals surface area contributed by atoms with E-state index in [-0.39, 0.29) is 12.6 Å². The highest BCUT2D eigenvalue weighted by atomic mass is 32.2. The SMILES string of the molecule is CCB(CC)OS(=O)(=O)C(F)(F)F. The van der Waals surface area contributed by atoms with Gasteiger partial charge in [-0.3, -0.25) is 0 Å². The third-order valence-electron chi connectivity index (χ3n) is 1.46. The highest BCUT2D eigenvalue weighted by Crippen LogP contribution is 2.26. The first kappa shape index (κ1) is 12.8. The molecule has 0 unspecified atom stereocenters. The Morgan fingerprint density at radius 3 is 1.85 bits per heavy atom. The van der Waals surface area contributed by atoms with Gasteiger partial charge in [-0.25, -0.2) is 0 Å². The highest BCUT2D eigenvalue weighted by Gasteiger charge is 2.48. The Balaban J connectivity index is 4.52. The Morgan fingerprint density at radius 1 is 1.23 bits per heavy atom. The van der Waals surface area contributed by atoms with E-state index in [0.29, 0.717) is 0 Å². The van der Waals surface area contributed by atoms with Crippen LogP contribution < -0.4 is 0 Å². The van der Waals surface area contributed by atoms with Gasteiger partial charge in [0.05, 0.1) is 0 Å². The molecule has 0 aliphatic carbocycles. The zero-order chi connectivity index (χ0) is 10.7. The fourth-order valence-corrected chi connectivity index (χ4v) is 1.40. The summed E-state index contributed by atoms with van der Waals surface area (Å²) in [6, 6.07) is 0. The molecular weight excluding hydrogens is 208 g/mol. The quantitative estimate of drug-likeness (QED) is 0.534. The summed E-state index contributed by atoms with van der Waals surface area (Å²) in [5.41, 5.74) is -5.32. The smallest absolute Gasteiger partial charge is 0.327 e. The van der Waals surface area contributed by atoms with E-state index in [0.717, 1.165) is 0 Å². The van der Waals surface area contributed by atoms with Gasteiger partial charge in [0.1, 0.15) is 0 Å². The van der Waals surface area contributed by atoms with E-state index in [1.54, 1.807) is 13.8 Å². The van der Waals surface area contributed by atoms with Crippen LogP contribution in [0.1, 0.15) is 13.8 Å². The Bertz CT molecular complexity index is 244. The van der Waals surface area contributed by atoms with Gasteiger partial charge in [-0.1, -0.05) is 13.8 Å². The molecule has 0 aromatic carbocycles. The number of hydrogen-bond donors (Lipinski definition) is 0. The van der Waals surface area contributed by atoms with Gasteiger partial charge in [-0.05, 0) is 12.6 Å². The molecule has 0 aromatic rings. The number of hydrogen-bond acceptors (Lipinski definition) is 3. The van der Waals surface area contributed by atoms with Crippen LogP contribution in [0.15, 0.2) is 0 Å². The maximum Gasteiger partial charge on any atom is 0.521 e. The molecule has 0 amide bonds. The average Bonchev–Trinajstić information content (AvgIpc) is 1.98. The van der Waals surface area contributed by atoms with Crippen molar-refractivity contribution in [3.8, 4) is 0 Å². The van der Waals surface area contributed by atoms with Crippen molar-refractivity contribution in [2.75, 3.05) is 0 Å². The fourth-order valence-electron chi connectivity index (χ4n) is 0.658. The predicted molar refractivity (Wildman–Crippen MR) is 42.8 cm³/mol. The van der Waals surface area contributed by atoms with Crippen molar-refractivity contribution >= 4 is 17.0 Å². The van der Waals surface area contributed by atoms with Gasteiger partial charge in [-0.2, -0.15) is 21.6 Å². The summed E-state index contributed by atoms with van der Waals surface area (Å²) in [6.07, 6.45) is 0.456. The predicted octanol–water partition coefficient (Wildman–Crippen LogP) is 1.88. The maximum absolute atomic E-state index is 11.8. The number of halogens is 3. The van der Waals surface area contributed by atoms with Crippen molar-refractivity contribution in [3.05, 3.63) is 0 Å². The lowest BCUT2D eigenvalue weighted by atomic mass is 9.63. The lowest BCUT2D eigenvalue weighted by Gasteiger charge is -2.12. The van der Waals surface area contributed by atoms with E-state index in [1.807, 2.05) is 0 Å². The van der Waals surface area contributed by atoms with Crippen LogP contribution in [-0.4, -0.2) is 20.8 Å². The number of alkyl halides is 3. The van der Waals surface area contributed by atoms with Gasteiger partial charge < -0.3 is 4.10 Å². The van der Waals surface area contributed by atoms with Crippen LogP contribution >= 0.6 is 0 Å². The zero-order valence-corrected chi connectivity index (χ0v) is 8.07. The molecule has 0 N–H and O–H groups in total. The van der Waals surface area contributed by atoms with Crippen LogP contribution in [0, 0.1) is 0 Å². The third kappa shape index (κ3) is 3.55. The van der Waals surface area contributed by atoms with Gasteiger partial charge in [-0.15, -0.1) is 0 Å². The molecule has 0 fully saturated rings. The van der Waals surface area contributed by atoms with E-state index in [9.17, 15) is 21.6 Å². The summed E-state index contributed by atoms with van der Waals surface area (Å²) in [7, 11) is -5.42. The third-order valence-corrected chi connectivity index (χ3v) is 2.55. The summed E-state index contributed by atoms with van der Waals surface area (Å²) in [5.74, 6) is 0. The average molecular weight is 218 g/mol. The molecule has 0 atom stereocenters. The first-order valence-corrected chi connectivity index (χ1v) is 5.15. The van der Waals surface area contributed by atoms with Crippen molar-refractivity contribution in [2.45, 2.75) is 32.0 Å². The molecule has 78 valence electrons. The Morgan fingerprint density at radius 2 is 1.62 bits per heavy atom. The Labute approximate surface area is 75.5 Å². The molecule has 0 aliphatic rings. The summed E-state index contributed by atoms with van der Waals surface area (Å²) < 4.78 is 60.1. The summed E-state index contributed by atoms with van der Waals surface area (Å²) in [5, 5.41) is 0. The van der Waals surface area contributed by atoms with Crippen molar-refractivity contribution in [1.82, 2.24) is 0 Å². The van der Waals surface area contributed by atoms with Crippen molar-refractivity contribution in [1.29, 1.82) is 0 Å². The minimum absolute atomic E-state index is 0.228. The van der Waals surface area contributed by atoms with E-state index in [4.69, 9.17) is 0 Å². The second kappa shape index (κ2) is 4.32. The molecule has 0 saturated carbocycles. The van der Waals surface area contributed by atoms with Gasteiger partial charge in [0, 0.05) is 0 Å². The fraction of sp³-hybridized carbons (Fsp3) is 1.00. The van der Waals surface area contributed by atoms with Gasteiger partial charge >= 0.3 is 22.5 Å². The molecule has 0 radical (unpaired) electrons. The maximum atomic E-state index is 11.8. The van der Waals surface area contributed by atoms with Crippen LogP contribution in [-0.2, 0) is 14.2 Å². The number of rotatable bonds is 4. The highest BCUT2D eigenvalue weighted by molar-refractivity contribution is 7.88. The zero-order valence-electron chi connectivity index (χ0n) is 7.26. The molecule has 0 bridgehead atoms. The molecule has 3 nitrogen and oxygen atoms in total. The van der Waals surface area contributed by atoms with Crippen molar-refractivity contribution in [2.24, 2.45) is 0 Å². The second-order valence-corrected chi connectivity index (χ2v) is 4.00. The Kier molecular flexibility index (Phi) is 4.24. The van der Waals surface area contributed by atoms with Crippen LogP contribution in [0.3, 0.4) is 0 Å². The largest absolute Gasteiger partial charge is 0.521 e. The first-order chi connectivity index (χ1) is 5.74. The minimum Gasteiger partial charge on any atom is -0.327 e. The minimum atomic E-state index is -5.42. The molecule has 0 rings (SSSR count). The summed E-state index contributed by atoms with van der Waals surface area (Å²) >= 11 is 0. The summed E-state index contributed by atoms with van der Waals surface area (Å²) in [4.78, 5) is 0. The lowest BCUT2D eigenvalue weighted by Crippen LogP contribution is -2.31.